The van der Waals surface area contributed by atoms with Gasteiger partial charge in [-0.2, -0.15) is 0 Å². The standard InChI is InChI=1S/C17H26N2O5/c1-5-8-11-9-12(15(21)22)19-13(11)14(18-10(4)20)17(6-2,7-3)24-16(19)23/h5,8,11-14H,6-7,9H2,1-4H3,(H,18,20)(H,21,22)/b8-5-/t11-,12-,13-,14-/m1/s1. The zero-order valence-electron chi connectivity index (χ0n) is 14.6. The third kappa shape index (κ3) is 2.87. The topological polar surface area (TPSA) is 95.9 Å². The van der Waals surface area contributed by atoms with Gasteiger partial charge in [0.2, 0.25) is 5.91 Å². The molecular weight excluding hydrogens is 312 g/mol. The molecule has 0 radical (unpaired) electrons. The molecule has 24 heavy (non-hydrogen) atoms. The highest BCUT2D eigenvalue weighted by Crippen LogP contribution is 2.44. The number of ether oxygens (including phenoxy) is 1. The number of nitrogens with one attached hydrogen (secondary N) is 1. The van der Waals surface area contributed by atoms with Gasteiger partial charge in [-0.25, -0.2) is 9.59 Å². The van der Waals surface area contributed by atoms with E-state index in [0.29, 0.717) is 19.3 Å². The second kappa shape index (κ2) is 6.83. The molecule has 0 aromatic heterocycles. The van der Waals surface area contributed by atoms with Crippen LogP contribution in [0.15, 0.2) is 12.2 Å². The number of hydrogen-bond donors (Lipinski definition) is 2. The van der Waals surface area contributed by atoms with Crippen molar-refractivity contribution >= 4 is 18.0 Å². The van der Waals surface area contributed by atoms with E-state index in [0.717, 1.165) is 0 Å². The van der Waals surface area contributed by atoms with E-state index < -0.39 is 35.8 Å². The summed E-state index contributed by atoms with van der Waals surface area (Å²) in [6.07, 6.45) is 4.58. The zero-order valence-corrected chi connectivity index (χ0v) is 14.6. The minimum absolute atomic E-state index is 0.140. The highest BCUT2D eigenvalue weighted by molar-refractivity contribution is 5.83. The number of fused-ring (bicyclic) bond motifs is 1. The lowest BCUT2D eigenvalue weighted by molar-refractivity contribution is -0.147. The van der Waals surface area contributed by atoms with E-state index in [-0.39, 0.29) is 11.8 Å². The first-order valence-corrected chi connectivity index (χ1v) is 8.45. The number of carboxylic acids is 1. The molecule has 2 aliphatic rings. The maximum Gasteiger partial charge on any atom is 0.411 e. The Hall–Kier alpha value is -2.05. The molecule has 2 aliphatic heterocycles. The van der Waals surface area contributed by atoms with Gasteiger partial charge in [0.1, 0.15) is 11.6 Å². The summed E-state index contributed by atoms with van der Waals surface area (Å²) in [7, 11) is 0. The second-order valence-electron chi connectivity index (χ2n) is 6.50. The summed E-state index contributed by atoms with van der Waals surface area (Å²) in [5.74, 6) is -1.41. The molecule has 2 heterocycles. The molecule has 2 rings (SSSR count). The average Bonchev–Trinajstić information content (AvgIpc) is 2.90. The van der Waals surface area contributed by atoms with Crippen LogP contribution in [0.2, 0.25) is 0 Å². The molecule has 0 saturated carbocycles. The fraction of sp³-hybridized carbons (Fsp3) is 0.706. The number of amides is 2. The summed E-state index contributed by atoms with van der Waals surface area (Å²) in [5, 5.41) is 12.4. The Balaban J connectivity index is 2.54. The van der Waals surface area contributed by atoms with Crippen LogP contribution in [-0.4, -0.2) is 51.7 Å². The Labute approximate surface area is 142 Å². The number of nitrogens with zero attached hydrogens (tertiary/aromatic N) is 1. The molecule has 0 unspecified atom stereocenters. The number of allylic oxidation sites excluding steroid dienone is 1. The van der Waals surface area contributed by atoms with Crippen LogP contribution >= 0.6 is 0 Å². The van der Waals surface area contributed by atoms with Gasteiger partial charge < -0.3 is 15.2 Å². The van der Waals surface area contributed by atoms with E-state index in [4.69, 9.17) is 4.74 Å². The zero-order chi connectivity index (χ0) is 18.1. The van der Waals surface area contributed by atoms with Crippen molar-refractivity contribution in [2.75, 3.05) is 0 Å². The van der Waals surface area contributed by atoms with Crippen molar-refractivity contribution in [2.45, 2.75) is 70.7 Å². The van der Waals surface area contributed by atoms with Crippen LogP contribution in [0.4, 0.5) is 4.79 Å². The molecule has 7 heteroatoms. The first-order chi connectivity index (χ1) is 11.3. The number of carboxylic acid groups (broad SMARTS) is 1. The van der Waals surface area contributed by atoms with Crippen molar-refractivity contribution in [1.82, 2.24) is 10.2 Å². The summed E-state index contributed by atoms with van der Waals surface area (Å²) in [6, 6.07) is -1.81. The minimum atomic E-state index is -1.05. The van der Waals surface area contributed by atoms with E-state index >= 15 is 0 Å². The molecule has 0 aliphatic carbocycles. The molecule has 7 nitrogen and oxygen atoms in total. The third-order valence-corrected chi connectivity index (χ3v) is 5.28. The molecule has 0 aromatic carbocycles. The van der Waals surface area contributed by atoms with Crippen LogP contribution in [-0.2, 0) is 14.3 Å². The van der Waals surface area contributed by atoms with Gasteiger partial charge in [0.05, 0.1) is 12.1 Å². The summed E-state index contributed by atoms with van der Waals surface area (Å²) < 4.78 is 5.69. The van der Waals surface area contributed by atoms with Crippen molar-refractivity contribution in [2.24, 2.45) is 5.92 Å². The minimum Gasteiger partial charge on any atom is -0.480 e. The van der Waals surface area contributed by atoms with Gasteiger partial charge in [0, 0.05) is 12.8 Å². The van der Waals surface area contributed by atoms with Crippen LogP contribution in [0.5, 0.6) is 0 Å². The van der Waals surface area contributed by atoms with E-state index in [1.54, 1.807) is 0 Å². The highest BCUT2D eigenvalue weighted by atomic mass is 16.6. The van der Waals surface area contributed by atoms with Crippen molar-refractivity contribution in [1.29, 1.82) is 0 Å². The van der Waals surface area contributed by atoms with Gasteiger partial charge in [0.15, 0.2) is 0 Å². The van der Waals surface area contributed by atoms with E-state index in [2.05, 4.69) is 5.32 Å². The number of carbonyl (C=O) groups is 3. The first-order valence-electron chi connectivity index (χ1n) is 8.45. The summed E-state index contributed by atoms with van der Waals surface area (Å²) >= 11 is 0. The molecule has 4 atom stereocenters. The monoisotopic (exact) mass is 338 g/mol. The van der Waals surface area contributed by atoms with Gasteiger partial charge >= 0.3 is 12.1 Å². The first kappa shape index (κ1) is 18.3. The van der Waals surface area contributed by atoms with E-state index in [9.17, 15) is 19.5 Å². The molecule has 0 spiro atoms. The van der Waals surface area contributed by atoms with Crippen molar-refractivity contribution < 1.29 is 24.2 Å². The second-order valence-corrected chi connectivity index (χ2v) is 6.50. The number of carbonyl (C=O) groups excluding carboxylic acids is 2. The lowest BCUT2D eigenvalue weighted by atomic mass is 9.78. The Morgan fingerprint density at radius 3 is 2.50 bits per heavy atom. The Morgan fingerprint density at radius 2 is 2.04 bits per heavy atom. The Kier molecular flexibility index (Phi) is 5.20. The van der Waals surface area contributed by atoms with Crippen molar-refractivity contribution in [3.05, 3.63) is 12.2 Å². The lowest BCUT2D eigenvalue weighted by Crippen LogP contribution is -2.70. The summed E-state index contributed by atoms with van der Waals surface area (Å²) in [6.45, 7) is 7.11. The molecule has 2 saturated heterocycles. The van der Waals surface area contributed by atoms with Crippen LogP contribution in [0.1, 0.15) is 47.0 Å². The fourth-order valence-electron chi connectivity index (χ4n) is 4.11. The van der Waals surface area contributed by atoms with E-state index in [1.165, 1.54) is 11.8 Å². The molecular formula is C17H26N2O5. The smallest absolute Gasteiger partial charge is 0.411 e. The number of aliphatic carboxylic acids is 1. The Morgan fingerprint density at radius 1 is 1.42 bits per heavy atom. The van der Waals surface area contributed by atoms with Gasteiger partial charge in [-0.05, 0) is 26.2 Å². The normalized spacial score (nSPS) is 31.7. The molecule has 2 N–H and O–H groups in total. The highest BCUT2D eigenvalue weighted by Gasteiger charge is 2.60. The third-order valence-electron chi connectivity index (χ3n) is 5.28. The number of cyclic esters (lactones) is 1. The van der Waals surface area contributed by atoms with Crippen LogP contribution in [0, 0.1) is 5.92 Å². The van der Waals surface area contributed by atoms with Gasteiger partial charge in [-0.3, -0.25) is 9.69 Å². The SMILES string of the molecule is C/C=C\[C@@H]1C[C@H](C(=O)O)N2C(=O)OC(CC)(CC)[C@H](NC(C)=O)[C@@H]12. The largest absolute Gasteiger partial charge is 0.480 e. The number of hydrogen-bond acceptors (Lipinski definition) is 4. The van der Waals surface area contributed by atoms with E-state index in [1.807, 2.05) is 32.9 Å². The van der Waals surface area contributed by atoms with Crippen LogP contribution in [0.3, 0.4) is 0 Å². The summed E-state index contributed by atoms with van der Waals surface area (Å²) in [5.41, 5.74) is -0.822. The van der Waals surface area contributed by atoms with Crippen molar-refractivity contribution in [3.63, 3.8) is 0 Å². The maximum absolute atomic E-state index is 12.6. The predicted molar refractivity (Wildman–Crippen MR) is 87.4 cm³/mol. The molecule has 2 fully saturated rings. The van der Waals surface area contributed by atoms with Gasteiger partial charge in [-0.1, -0.05) is 26.0 Å². The average molecular weight is 338 g/mol. The van der Waals surface area contributed by atoms with Gasteiger partial charge in [-0.15, -0.1) is 0 Å². The quantitative estimate of drug-likeness (QED) is 0.747. The molecule has 0 aromatic rings. The van der Waals surface area contributed by atoms with Crippen LogP contribution in [0.25, 0.3) is 0 Å². The van der Waals surface area contributed by atoms with Gasteiger partial charge in [0.25, 0.3) is 0 Å². The summed E-state index contributed by atoms with van der Waals surface area (Å²) in [4.78, 5) is 37.3. The molecule has 134 valence electrons. The van der Waals surface area contributed by atoms with Crippen molar-refractivity contribution in [3.8, 4) is 0 Å². The predicted octanol–water partition coefficient (Wildman–Crippen LogP) is 1.92. The number of rotatable bonds is 5. The lowest BCUT2D eigenvalue weighted by Gasteiger charge is -2.50. The molecule has 0 bridgehead atoms. The van der Waals surface area contributed by atoms with Crippen LogP contribution < -0.4 is 5.32 Å². The maximum atomic E-state index is 12.6. The fourth-order valence-corrected chi connectivity index (χ4v) is 4.11. The Bertz CT molecular complexity index is 555. The molecule has 2 amide bonds.